The number of aromatic nitrogens is 2. The molecular weight excluding hydrogens is 262 g/mol. The lowest BCUT2D eigenvalue weighted by Gasteiger charge is -2.04. The number of halogens is 1. The lowest BCUT2D eigenvalue weighted by Crippen LogP contribution is -1.89. The second kappa shape index (κ2) is 4.48. The van der Waals surface area contributed by atoms with Gasteiger partial charge in [-0.3, -0.25) is 5.10 Å². The van der Waals surface area contributed by atoms with E-state index in [1.54, 1.807) is 0 Å². The summed E-state index contributed by atoms with van der Waals surface area (Å²) in [5, 5.41) is 7.58. The van der Waals surface area contributed by atoms with Crippen LogP contribution in [0.3, 0.4) is 0 Å². The largest absolute Gasteiger partial charge is 0.460 e. The van der Waals surface area contributed by atoms with Crippen LogP contribution in [0, 0.1) is 6.92 Å². The van der Waals surface area contributed by atoms with Crippen LogP contribution < -0.4 is 5.73 Å². The predicted molar refractivity (Wildman–Crippen MR) is 75.9 cm³/mol. The molecule has 0 radical (unpaired) electrons. The van der Waals surface area contributed by atoms with Gasteiger partial charge < -0.3 is 10.2 Å². The first-order valence-electron chi connectivity index (χ1n) is 5.82. The van der Waals surface area contributed by atoms with Crippen LogP contribution in [0.1, 0.15) is 5.76 Å². The number of nitrogens with zero attached hydrogens (tertiary/aromatic N) is 1. The molecule has 0 saturated heterocycles. The minimum atomic E-state index is 0.400. The maximum Gasteiger partial charge on any atom is 0.153 e. The minimum absolute atomic E-state index is 0.400. The molecule has 0 aliphatic heterocycles. The zero-order chi connectivity index (χ0) is 13.4. The number of hydrogen-bond donors (Lipinski definition) is 2. The minimum Gasteiger partial charge on any atom is -0.460 e. The number of H-pyrrole nitrogens is 1. The van der Waals surface area contributed by atoms with E-state index in [1.165, 1.54) is 0 Å². The summed E-state index contributed by atoms with van der Waals surface area (Å²) in [5.41, 5.74) is 8.28. The summed E-state index contributed by atoms with van der Waals surface area (Å²) in [7, 11) is 0. The second-order valence-electron chi connectivity index (χ2n) is 4.25. The Bertz CT molecular complexity index is 730. The number of nitrogens with two attached hydrogens (primary N) is 1. The van der Waals surface area contributed by atoms with Gasteiger partial charge in [0, 0.05) is 10.6 Å². The van der Waals surface area contributed by atoms with E-state index >= 15 is 0 Å². The third-order valence-corrected chi connectivity index (χ3v) is 3.25. The zero-order valence-electron chi connectivity index (χ0n) is 10.3. The average Bonchev–Trinajstić information content (AvgIpc) is 2.96. The molecule has 0 spiro atoms. The highest BCUT2D eigenvalue weighted by molar-refractivity contribution is 6.33. The van der Waals surface area contributed by atoms with Crippen molar-refractivity contribution in [3.8, 4) is 22.6 Å². The van der Waals surface area contributed by atoms with Crippen molar-refractivity contribution in [1.82, 2.24) is 10.2 Å². The van der Waals surface area contributed by atoms with Crippen LogP contribution >= 0.6 is 11.6 Å². The molecule has 0 fully saturated rings. The monoisotopic (exact) mass is 273 g/mol. The number of furan rings is 1. The zero-order valence-corrected chi connectivity index (χ0v) is 11.0. The molecule has 1 aromatic carbocycles. The van der Waals surface area contributed by atoms with Gasteiger partial charge in [-0.1, -0.05) is 29.8 Å². The van der Waals surface area contributed by atoms with Crippen molar-refractivity contribution < 1.29 is 4.42 Å². The Morgan fingerprint density at radius 1 is 1.21 bits per heavy atom. The third kappa shape index (κ3) is 2.00. The topological polar surface area (TPSA) is 67.8 Å². The van der Waals surface area contributed by atoms with E-state index in [0.29, 0.717) is 16.6 Å². The third-order valence-electron chi connectivity index (χ3n) is 2.92. The van der Waals surface area contributed by atoms with Crippen molar-refractivity contribution in [2.24, 2.45) is 0 Å². The second-order valence-corrected chi connectivity index (χ2v) is 4.66. The molecule has 0 aliphatic rings. The quantitative estimate of drug-likeness (QED) is 0.744. The van der Waals surface area contributed by atoms with Gasteiger partial charge in [-0.05, 0) is 25.1 Å². The highest BCUT2D eigenvalue weighted by atomic mass is 35.5. The molecule has 2 heterocycles. The Balaban J connectivity index is 2.22. The van der Waals surface area contributed by atoms with E-state index in [9.17, 15) is 0 Å². The SMILES string of the molecule is Cc1ccc(-c2[nH]nc(N)c2-c2ccccc2Cl)o1. The standard InChI is InChI=1S/C14H12ClN3O/c1-8-6-7-11(19-8)13-12(14(16)18-17-13)9-4-2-3-5-10(9)15/h2-7H,1H3,(H3,16,17,18). The number of anilines is 1. The first-order chi connectivity index (χ1) is 9.16. The normalized spacial score (nSPS) is 10.8. The Morgan fingerprint density at radius 2 is 2.00 bits per heavy atom. The Kier molecular flexibility index (Phi) is 2.80. The molecule has 0 unspecified atom stereocenters. The van der Waals surface area contributed by atoms with Crippen molar-refractivity contribution >= 4 is 17.4 Å². The van der Waals surface area contributed by atoms with Gasteiger partial charge >= 0.3 is 0 Å². The van der Waals surface area contributed by atoms with E-state index in [1.807, 2.05) is 43.3 Å². The summed E-state index contributed by atoms with van der Waals surface area (Å²) in [5.74, 6) is 1.92. The lowest BCUT2D eigenvalue weighted by atomic mass is 10.0. The van der Waals surface area contributed by atoms with Crippen molar-refractivity contribution in [2.75, 3.05) is 5.73 Å². The number of nitrogen functional groups attached to an aromatic ring is 1. The summed E-state index contributed by atoms with van der Waals surface area (Å²) in [6.45, 7) is 1.89. The smallest absolute Gasteiger partial charge is 0.153 e. The van der Waals surface area contributed by atoms with E-state index < -0.39 is 0 Å². The molecule has 0 saturated carbocycles. The van der Waals surface area contributed by atoms with E-state index in [2.05, 4.69) is 10.2 Å². The molecule has 19 heavy (non-hydrogen) atoms. The van der Waals surface area contributed by atoms with Crippen LogP contribution in [0.25, 0.3) is 22.6 Å². The van der Waals surface area contributed by atoms with Crippen LogP contribution in [-0.4, -0.2) is 10.2 Å². The Labute approximate surface area is 115 Å². The molecule has 0 amide bonds. The van der Waals surface area contributed by atoms with Crippen LogP contribution in [0.2, 0.25) is 5.02 Å². The summed E-state index contributed by atoms with van der Waals surface area (Å²) in [6, 6.07) is 11.3. The van der Waals surface area contributed by atoms with E-state index in [4.69, 9.17) is 21.8 Å². The summed E-state index contributed by atoms with van der Waals surface area (Å²) in [4.78, 5) is 0. The average molecular weight is 274 g/mol. The highest BCUT2D eigenvalue weighted by Crippen LogP contribution is 2.38. The van der Waals surface area contributed by atoms with Crippen LogP contribution in [0.5, 0.6) is 0 Å². The van der Waals surface area contributed by atoms with Crippen molar-refractivity contribution in [3.05, 3.63) is 47.2 Å². The number of hydrogen-bond acceptors (Lipinski definition) is 3. The number of aryl methyl sites for hydroxylation is 1. The van der Waals surface area contributed by atoms with Crippen molar-refractivity contribution in [3.63, 3.8) is 0 Å². The van der Waals surface area contributed by atoms with E-state index in [-0.39, 0.29) is 0 Å². The number of benzene rings is 1. The number of rotatable bonds is 2. The molecule has 3 N–H and O–H groups in total. The fraction of sp³-hybridized carbons (Fsp3) is 0.0714. The number of aromatic amines is 1. The highest BCUT2D eigenvalue weighted by Gasteiger charge is 2.18. The van der Waals surface area contributed by atoms with Gasteiger partial charge in [0.15, 0.2) is 11.6 Å². The Hall–Kier alpha value is -2.20. The molecule has 3 rings (SSSR count). The van der Waals surface area contributed by atoms with Gasteiger partial charge in [0.1, 0.15) is 11.5 Å². The fourth-order valence-corrected chi connectivity index (χ4v) is 2.27. The fourth-order valence-electron chi connectivity index (χ4n) is 2.04. The molecule has 5 heteroatoms. The molecule has 0 aliphatic carbocycles. The maximum atomic E-state index is 6.22. The summed E-state index contributed by atoms with van der Waals surface area (Å²) in [6.07, 6.45) is 0. The maximum absolute atomic E-state index is 6.22. The van der Waals surface area contributed by atoms with Crippen molar-refractivity contribution in [2.45, 2.75) is 6.92 Å². The molecule has 4 nitrogen and oxygen atoms in total. The van der Waals surface area contributed by atoms with E-state index in [0.717, 1.165) is 22.6 Å². The summed E-state index contributed by atoms with van der Waals surface area (Å²) >= 11 is 6.22. The molecule has 2 aromatic heterocycles. The lowest BCUT2D eigenvalue weighted by molar-refractivity contribution is 0.546. The van der Waals surface area contributed by atoms with Gasteiger partial charge in [-0.2, -0.15) is 5.10 Å². The summed E-state index contributed by atoms with van der Waals surface area (Å²) < 4.78 is 5.62. The molecule has 0 atom stereocenters. The van der Waals surface area contributed by atoms with Gasteiger partial charge in [0.25, 0.3) is 0 Å². The van der Waals surface area contributed by atoms with Gasteiger partial charge in [0.05, 0.1) is 5.56 Å². The molecule has 96 valence electrons. The van der Waals surface area contributed by atoms with Gasteiger partial charge in [0.2, 0.25) is 0 Å². The van der Waals surface area contributed by atoms with Crippen LogP contribution in [0.15, 0.2) is 40.8 Å². The van der Waals surface area contributed by atoms with Crippen LogP contribution in [-0.2, 0) is 0 Å². The first kappa shape index (κ1) is 11.9. The predicted octanol–water partition coefficient (Wildman–Crippen LogP) is 3.88. The Morgan fingerprint density at radius 3 is 2.68 bits per heavy atom. The number of nitrogens with one attached hydrogen (secondary N) is 1. The first-order valence-corrected chi connectivity index (χ1v) is 6.20. The van der Waals surface area contributed by atoms with Crippen molar-refractivity contribution in [1.29, 1.82) is 0 Å². The molecule has 0 bridgehead atoms. The van der Waals surface area contributed by atoms with Crippen LogP contribution in [0.4, 0.5) is 5.82 Å². The van der Waals surface area contributed by atoms with Gasteiger partial charge in [-0.25, -0.2) is 0 Å². The molecular formula is C14H12ClN3O. The molecule has 3 aromatic rings. The van der Waals surface area contributed by atoms with Gasteiger partial charge in [-0.15, -0.1) is 0 Å².